The monoisotopic (exact) mass is 221 g/mol. The lowest BCUT2D eigenvalue weighted by Crippen LogP contribution is -2.42. The summed E-state index contributed by atoms with van der Waals surface area (Å²) in [5, 5.41) is 3.34. The number of ether oxygens (including phenoxy) is 1. The SMILES string of the molecule is COc1ccc(N)c(CN2CCNCC2)c1. The van der Waals surface area contributed by atoms with Gasteiger partial charge in [-0.05, 0) is 23.8 Å². The number of nitrogen functional groups attached to an aromatic ring is 1. The van der Waals surface area contributed by atoms with Crippen LogP contribution in [0.4, 0.5) is 5.69 Å². The highest BCUT2D eigenvalue weighted by molar-refractivity contribution is 5.50. The highest BCUT2D eigenvalue weighted by atomic mass is 16.5. The van der Waals surface area contributed by atoms with Gasteiger partial charge in [-0.15, -0.1) is 0 Å². The molecule has 0 saturated carbocycles. The Labute approximate surface area is 96.4 Å². The number of nitrogens with one attached hydrogen (secondary N) is 1. The molecule has 1 saturated heterocycles. The third-order valence-electron chi connectivity index (χ3n) is 2.95. The Bertz CT molecular complexity index is 348. The summed E-state index contributed by atoms with van der Waals surface area (Å²) in [5.41, 5.74) is 7.96. The van der Waals surface area contributed by atoms with Gasteiger partial charge in [0, 0.05) is 38.4 Å². The Hall–Kier alpha value is -1.26. The smallest absolute Gasteiger partial charge is 0.119 e. The van der Waals surface area contributed by atoms with Crippen LogP contribution >= 0.6 is 0 Å². The van der Waals surface area contributed by atoms with Gasteiger partial charge in [-0.25, -0.2) is 0 Å². The zero-order valence-electron chi connectivity index (χ0n) is 9.70. The molecule has 1 aliphatic rings. The van der Waals surface area contributed by atoms with Crippen molar-refractivity contribution < 1.29 is 4.74 Å². The number of hydrogen-bond donors (Lipinski definition) is 2. The molecule has 0 bridgehead atoms. The first-order valence-electron chi connectivity index (χ1n) is 5.65. The molecule has 0 aromatic heterocycles. The third-order valence-corrected chi connectivity index (χ3v) is 2.95. The van der Waals surface area contributed by atoms with Gasteiger partial charge in [0.25, 0.3) is 0 Å². The highest BCUT2D eigenvalue weighted by Crippen LogP contribution is 2.21. The average molecular weight is 221 g/mol. The van der Waals surface area contributed by atoms with Crippen LogP contribution in [0.2, 0.25) is 0 Å². The average Bonchev–Trinajstić information content (AvgIpc) is 2.33. The van der Waals surface area contributed by atoms with Gasteiger partial charge in [0.05, 0.1) is 7.11 Å². The van der Waals surface area contributed by atoms with Crippen molar-refractivity contribution in [3.8, 4) is 5.75 Å². The molecule has 0 radical (unpaired) electrons. The van der Waals surface area contributed by atoms with Crippen molar-refractivity contribution in [3.05, 3.63) is 23.8 Å². The molecule has 3 N–H and O–H groups in total. The molecule has 88 valence electrons. The Morgan fingerprint density at radius 3 is 2.81 bits per heavy atom. The summed E-state index contributed by atoms with van der Waals surface area (Å²) in [6, 6.07) is 5.84. The Balaban J connectivity index is 2.06. The van der Waals surface area contributed by atoms with E-state index in [1.807, 2.05) is 18.2 Å². The van der Waals surface area contributed by atoms with E-state index in [-0.39, 0.29) is 0 Å². The highest BCUT2D eigenvalue weighted by Gasteiger charge is 2.11. The molecular formula is C12H19N3O. The van der Waals surface area contributed by atoms with E-state index in [1.54, 1.807) is 7.11 Å². The lowest BCUT2D eigenvalue weighted by Gasteiger charge is -2.27. The molecule has 0 unspecified atom stereocenters. The topological polar surface area (TPSA) is 50.5 Å². The summed E-state index contributed by atoms with van der Waals surface area (Å²) >= 11 is 0. The Morgan fingerprint density at radius 2 is 2.12 bits per heavy atom. The van der Waals surface area contributed by atoms with Crippen molar-refractivity contribution in [1.82, 2.24) is 10.2 Å². The predicted molar refractivity (Wildman–Crippen MR) is 65.6 cm³/mol. The number of methoxy groups -OCH3 is 1. The molecular weight excluding hydrogens is 202 g/mol. The molecule has 1 aromatic rings. The van der Waals surface area contributed by atoms with E-state index in [4.69, 9.17) is 10.5 Å². The first-order valence-corrected chi connectivity index (χ1v) is 5.65. The summed E-state index contributed by atoms with van der Waals surface area (Å²) < 4.78 is 5.21. The van der Waals surface area contributed by atoms with Crippen molar-refractivity contribution in [3.63, 3.8) is 0 Å². The minimum absolute atomic E-state index is 0.847. The minimum Gasteiger partial charge on any atom is -0.497 e. The van der Waals surface area contributed by atoms with Gasteiger partial charge in [-0.3, -0.25) is 4.90 Å². The van der Waals surface area contributed by atoms with Gasteiger partial charge in [0.2, 0.25) is 0 Å². The van der Waals surface area contributed by atoms with Crippen LogP contribution in [0, 0.1) is 0 Å². The van der Waals surface area contributed by atoms with Gasteiger partial charge in [0.1, 0.15) is 5.75 Å². The van der Waals surface area contributed by atoms with Crippen molar-refractivity contribution >= 4 is 5.69 Å². The van der Waals surface area contributed by atoms with E-state index >= 15 is 0 Å². The van der Waals surface area contributed by atoms with E-state index in [1.165, 1.54) is 0 Å². The van der Waals surface area contributed by atoms with Crippen molar-refractivity contribution in [2.75, 3.05) is 39.0 Å². The van der Waals surface area contributed by atoms with Gasteiger partial charge >= 0.3 is 0 Å². The minimum atomic E-state index is 0.847. The molecule has 16 heavy (non-hydrogen) atoms. The third kappa shape index (κ3) is 2.65. The lowest BCUT2D eigenvalue weighted by molar-refractivity contribution is 0.233. The van der Waals surface area contributed by atoms with E-state index in [0.29, 0.717) is 0 Å². The zero-order valence-corrected chi connectivity index (χ0v) is 9.70. The van der Waals surface area contributed by atoms with Crippen LogP contribution in [-0.2, 0) is 6.54 Å². The van der Waals surface area contributed by atoms with Crippen molar-refractivity contribution in [2.24, 2.45) is 0 Å². The molecule has 1 aromatic carbocycles. The summed E-state index contributed by atoms with van der Waals surface area (Å²) in [6.45, 7) is 5.19. The van der Waals surface area contributed by atoms with Crippen LogP contribution in [0.15, 0.2) is 18.2 Å². The van der Waals surface area contributed by atoms with Crippen LogP contribution in [0.5, 0.6) is 5.75 Å². The molecule has 0 spiro atoms. The first-order chi connectivity index (χ1) is 7.79. The van der Waals surface area contributed by atoms with E-state index in [0.717, 1.165) is 49.7 Å². The van der Waals surface area contributed by atoms with Crippen LogP contribution in [0.1, 0.15) is 5.56 Å². The second-order valence-electron chi connectivity index (χ2n) is 4.09. The summed E-state index contributed by atoms with van der Waals surface area (Å²) in [4.78, 5) is 2.40. The molecule has 4 nitrogen and oxygen atoms in total. The molecule has 1 fully saturated rings. The molecule has 0 atom stereocenters. The van der Waals surface area contributed by atoms with Gasteiger partial charge in [-0.1, -0.05) is 0 Å². The number of piperazine rings is 1. The number of hydrogen-bond acceptors (Lipinski definition) is 4. The van der Waals surface area contributed by atoms with Gasteiger partial charge < -0.3 is 15.8 Å². The maximum atomic E-state index is 5.96. The van der Waals surface area contributed by atoms with Crippen molar-refractivity contribution in [2.45, 2.75) is 6.54 Å². The zero-order chi connectivity index (χ0) is 11.4. The first kappa shape index (κ1) is 11.2. The lowest BCUT2D eigenvalue weighted by atomic mass is 10.1. The number of benzene rings is 1. The maximum Gasteiger partial charge on any atom is 0.119 e. The molecule has 0 amide bonds. The van der Waals surface area contributed by atoms with E-state index in [2.05, 4.69) is 10.2 Å². The second-order valence-corrected chi connectivity index (χ2v) is 4.09. The maximum absolute atomic E-state index is 5.96. The molecule has 2 rings (SSSR count). The fourth-order valence-electron chi connectivity index (χ4n) is 1.96. The second kappa shape index (κ2) is 5.18. The normalized spacial score (nSPS) is 17.3. The Kier molecular flexibility index (Phi) is 3.64. The molecule has 1 aliphatic heterocycles. The molecule has 0 aliphatic carbocycles. The quantitative estimate of drug-likeness (QED) is 0.737. The number of rotatable bonds is 3. The van der Waals surface area contributed by atoms with E-state index < -0.39 is 0 Å². The largest absolute Gasteiger partial charge is 0.497 e. The van der Waals surface area contributed by atoms with Crippen LogP contribution < -0.4 is 15.8 Å². The van der Waals surface area contributed by atoms with Gasteiger partial charge in [-0.2, -0.15) is 0 Å². The van der Waals surface area contributed by atoms with Gasteiger partial charge in [0.15, 0.2) is 0 Å². The molecule has 1 heterocycles. The van der Waals surface area contributed by atoms with Crippen LogP contribution in [0.25, 0.3) is 0 Å². The number of nitrogens with two attached hydrogens (primary N) is 1. The van der Waals surface area contributed by atoms with Crippen LogP contribution in [0.3, 0.4) is 0 Å². The standard InChI is InChI=1S/C12H19N3O/c1-16-11-2-3-12(13)10(8-11)9-15-6-4-14-5-7-15/h2-3,8,14H,4-7,9,13H2,1H3. The summed E-state index contributed by atoms with van der Waals surface area (Å²) in [5.74, 6) is 0.874. The Morgan fingerprint density at radius 1 is 1.38 bits per heavy atom. The summed E-state index contributed by atoms with van der Waals surface area (Å²) in [6.07, 6.45) is 0. The summed E-state index contributed by atoms with van der Waals surface area (Å²) in [7, 11) is 1.68. The number of anilines is 1. The van der Waals surface area contributed by atoms with E-state index in [9.17, 15) is 0 Å². The fourth-order valence-corrected chi connectivity index (χ4v) is 1.96. The molecule has 4 heteroatoms. The van der Waals surface area contributed by atoms with Crippen LogP contribution in [-0.4, -0.2) is 38.2 Å². The fraction of sp³-hybridized carbons (Fsp3) is 0.500. The van der Waals surface area contributed by atoms with Crippen molar-refractivity contribution in [1.29, 1.82) is 0 Å². The number of nitrogens with zero attached hydrogens (tertiary/aromatic N) is 1. The predicted octanol–water partition coefficient (Wildman–Crippen LogP) is 0.683.